The van der Waals surface area contributed by atoms with Gasteiger partial charge in [0.25, 0.3) is 0 Å². The molecule has 7 heteroatoms. The average molecular weight is 497 g/mol. The van der Waals surface area contributed by atoms with Gasteiger partial charge in [0.1, 0.15) is 11.8 Å². The zero-order valence-electron chi connectivity index (χ0n) is 20.9. The standard InChI is InChI=1S/C28H36N2O4S/c1-4-34-26-11-9-25(10-12-26)30(35(3,32)33)19(2)27(31)29-24-7-5-23(6-8-24)28-16-20-13-21(17-28)15-22(14-20)18-28/h5-12,19-22H,4,13-18H2,1-3H3,(H,29,31)/t19-,20?,21?,22?,28?/m1/s1. The van der Waals surface area contributed by atoms with Crippen LogP contribution in [0.25, 0.3) is 0 Å². The van der Waals surface area contributed by atoms with Crippen LogP contribution >= 0.6 is 0 Å². The summed E-state index contributed by atoms with van der Waals surface area (Å²) in [5.41, 5.74) is 2.83. The van der Waals surface area contributed by atoms with E-state index in [2.05, 4.69) is 17.4 Å². The van der Waals surface area contributed by atoms with E-state index in [1.807, 2.05) is 19.1 Å². The molecule has 6 nitrogen and oxygen atoms in total. The summed E-state index contributed by atoms with van der Waals surface area (Å²) in [7, 11) is -3.68. The van der Waals surface area contributed by atoms with Crippen molar-refractivity contribution in [1.82, 2.24) is 0 Å². The number of carbonyl (C=O) groups is 1. The molecule has 6 rings (SSSR count). The number of hydrogen-bond acceptors (Lipinski definition) is 4. The number of nitrogens with zero attached hydrogens (tertiary/aromatic N) is 1. The van der Waals surface area contributed by atoms with E-state index in [9.17, 15) is 13.2 Å². The summed E-state index contributed by atoms with van der Waals surface area (Å²) >= 11 is 0. The molecule has 1 N–H and O–H groups in total. The molecule has 0 radical (unpaired) electrons. The van der Waals surface area contributed by atoms with Crippen molar-refractivity contribution in [3.05, 3.63) is 54.1 Å². The lowest BCUT2D eigenvalue weighted by atomic mass is 9.48. The average Bonchev–Trinajstić information content (AvgIpc) is 2.79. The van der Waals surface area contributed by atoms with Crippen molar-refractivity contribution in [1.29, 1.82) is 0 Å². The van der Waals surface area contributed by atoms with Crippen LogP contribution in [0.15, 0.2) is 48.5 Å². The summed E-state index contributed by atoms with van der Waals surface area (Å²) in [5.74, 6) is 2.93. The Labute approximate surface area is 209 Å². The third kappa shape index (κ3) is 4.80. The number of ether oxygens (including phenoxy) is 1. The third-order valence-electron chi connectivity index (χ3n) is 8.29. The molecule has 0 aromatic heterocycles. The molecule has 0 saturated heterocycles. The number of benzene rings is 2. The second kappa shape index (κ2) is 9.16. The maximum absolute atomic E-state index is 13.1. The van der Waals surface area contributed by atoms with E-state index in [-0.39, 0.29) is 5.91 Å². The Morgan fingerprint density at radius 3 is 2.03 bits per heavy atom. The van der Waals surface area contributed by atoms with Crippen LogP contribution in [0.1, 0.15) is 57.9 Å². The van der Waals surface area contributed by atoms with Gasteiger partial charge in [0.05, 0.1) is 18.6 Å². The first-order chi connectivity index (χ1) is 16.7. The fourth-order valence-electron chi connectivity index (χ4n) is 7.28. The molecule has 0 heterocycles. The summed E-state index contributed by atoms with van der Waals surface area (Å²) in [6.07, 6.45) is 9.25. The Balaban J connectivity index is 1.30. The molecule has 4 aliphatic rings. The molecule has 188 valence electrons. The Morgan fingerprint density at radius 1 is 1.00 bits per heavy atom. The molecule has 1 atom stereocenters. The van der Waals surface area contributed by atoms with Crippen molar-refractivity contribution < 1.29 is 17.9 Å². The Morgan fingerprint density at radius 2 is 1.54 bits per heavy atom. The SMILES string of the molecule is CCOc1ccc(N([C@H](C)C(=O)Nc2ccc(C34CC5CC(CC(C5)C3)C4)cc2)S(C)(=O)=O)cc1. The zero-order valence-corrected chi connectivity index (χ0v) is 21.7. The second-order valence-corrected chi connectivity index (χ2v) is 12.8. The molecule has 1 amide bonds. The van der Waals surface area contributed by atoms with Gasteiger partial charge in [-0.05, 0) is 118 Å². The number of anilines is 2. The van der Waals surface area contributed by atoms with Gasteiger partial charge in [0.2, 0.25) is 15.9 Å². The Kier molecular flexibility index (Phi) is 6.32. The van der Waals surface area contributed by atoms with E-state index >= 15 is 0 Å². The predicted molar refractivity (Wildman–Crippen MR) is 139 cm³/mol. The highest BCUT2D eigenvalue weighted by Crippen LogP contribution is 2.60. The Hall–Kier alpha value is -2.54. The van der Waals surface area contributed by atoms with Gasteiger partial charge in [-0.15, -0.1) is 0 Å². The first-order valence-corrected chi connectivity index (χ1v) is 14.7. The molecule has 4 aliphatic carbocycles. The van der Waals surface area contributed by atoms with Crippen LogP contribution in [0.3, 0.4) is 0 Å². The molecule has 0 unspecified atom stereocenters. The molecule has 4 saturated carbocycles. The van der Waals surface area contributed by atoms with Crippen molar-refractivity contribution in [2.24, 2.45) is 17.8 Å². The Bertz CT molecular complexity index is 1140. The summed E-state index contributed by atoms with van der Waals surface area (Å²) < 4.78 is 31.8. The van der Waals surface area contributed by atoms with Crippen molar-refractivity contribution in [3.8, 4) is 5.75 Å². The maximum atomic E-state index is 13.1. The molecular weight excluding hydrogens is 460 g/mol. The van der Waals surface area contributed by atoms with Crippen LogP contribution in [0.5, 0.6) is 5.75 Å². The number of sulfonamides is 1. The van der Waals surface area contributed by atoms with Gasteiger partial charge in [-0.25, -0.2) is 8.42 Å². The highest BCUT2D eigenvalue weighted by atomic mass is 32.2. The van der Waals surface area contributed by atoms with Crippen molar-refractivity contribution in [3.63, 3.8) is 0 Å². The van der Waals surface area contributed by atoms with Crippen LogP contribution in [0.4, 0.5) is 11.4 Å². The van der Waals surface area contributed by atoms with E-state index in [1.54, 1.807) is 31.2 Å². The largest absolute Gasteiger partial charge is 0.494 e. The third-order valence-corrected chi connectivity index (χ3v) is 9.54. The fraction of sp³-hybridized carbons (Fsp3) is 0.536. The fourth-order valence-corrected chi connectivity index (χ4v) is 8.46. The summed E-state index contributed by atoms with van der Waals surface area (Å²) in [4.78, 5) is 13.1. The van der Waals surface area contributed by atoms with Gasteiger partial charge in [-0.3, -0.25) is 9.10 Å². The predicted octanol–water partition coefficient (Wildman–Crippen LogP) is 5.35. The summed E-state index contributed by atoms with van der Waals surface area (Å²) in [6.45, 7) is 4.02. The topological polar surface area (TPSA) is 75.7 Å². The number of hydrogen-bond donors (Lipinski definition) is 1. The van der Waals surface area contributed by atoms with Crippen molar-refractivity contribution in [2.45, 2.75) is 63.8 Å². The molecule has 2 aromatic carbocycles. The minimum atomic E-state index is -3.68. The van der Waals surface area contributed by atoms with Crippen LogP contribution in [-0.4, -0.2) is 33.2 Å². The highest BCUT2D eigenvalue weighted by Gasteiger charge is 2.51. The van der Waals surface area contributed by atoms with E-state index in [4.69, 9.17) is 4.74 Å². The zero-order chi connectivity index (χ0) is 24.8. The van der Waals surface area contributed by atoms with E-state index < -0.39 is 16.1 Å². The number of rotatable bonds is 8. The first kappa shape index (κ1) is 24.2. The minimum Gasteiger partial charge on any atom is -0.494 e. The lowest BCUT2D eigenvalue weighted by molar-refractivity contribution is -0.116. The van der Waals surface area contributed by atoms with Crippen molar-refractivity contribution in [2.75, 3.05) is 22.5 Å². The van der Waals surface area contributed by atoms with Crippen LogP contribution in [-0.2, 0) is 20.2 Å². The molecule has 2 aromatic rings. The van der Waals surface area contributed by atoms with Gasteiger partial charge >= 0.3 is 0 Å². The number of nitrogens with one attached hydrogen (secondary N) is 1. The molecule has 35 heavy (non-hydrogen) atoms. The van der Waals surface area contributed by atoms with Gasteiger partial charge < -0.3 is 10.1 Å². The summed E-state index contributed by atoms with van der Waals surface area (Å²) in [6, 6.07) is 14.1. The lowest BCUT2D eigenvalue weighted by Crippen LogP contribution is -2.48. The lowest BCUT2D eigenvalue weighted by Gasteiger charge is -2.57. The van der Waals surface area contributed by atoms with Crippen molar-refractivity contribution >= 4 is 27.3 Å². The smallest absolute Gasteiger partial charge is 0.247 e. The second-order valence-electron chi connectivity index (χ2n) is 10.9. The first-order valence-electron chi connectivity index (χ1n) is 12.8. The van der Waals surface area contributed by atoms with E-state index in [1.165, 1.54) is 44.1 Å². The van der Waals surface area contributed by atoms with E-state index in [0.717, 1.165) is 28.3 Å². The highest BCUT2D eigenvalue weighted by molar-refractivity contribution is 7.92. The molecular formula is C28H36N2O4S. The molecule has 0 aliphatic heterocycles. The minimum absolute atomic E-state index is 0.311. The number of carbonyl (C=O) groups excluding carboxylic acids is 1. The van der Waals surface area contributed by atoms with Gasteiger partial charge in [-0.2, -0.15) is 0 Å². The molecule has 4 bridgehead atoms. The van der Waals surface area contributed by atoms with Gasteiger partial charge in [-0.1, -0.05) is 12.1 Å². The van der Waals surface area contributed by atoms with E-state index in [0.29, 0.717) is 29.1 Å². The van der Waals surface area contributed by atoms with Crippen LogP contribution in [0, 0.1) is 17.8 Å². The normalized spacial score (nSPS) is 27.9. The summed E-state index contributed by atoms with van der Waals surface area (Å²) in [5, 5.41) is 2.93. The monoisotopic (exact) mass is 496 g/mol. The maximum Gasteiger partial charge on any atom is 0.247 e. The molecule has 0 spiro atoms. The van der Waals surface area contributed by atoms with Crippen LogP contribution < -0.4 is 14.4 Å². The molecule has 4 fully saturated rings. The van der Waals surface area contributed by atoms with Crippen LogP contribution in [0.2, 0.25) is 0 Å². The number of amides is 1. The quantitative estimate of drug-likeness (QED) is 0.535. The van der Waals surface area contributed by atoms with Gasteiger partial charge in [0.15, 0.2) is 0 Å². The van der Waals surface area contributed by atoms with Gasteiger partial charge in [0, 0.05) is 5.69 Å².